The highest BCUT2D eigenvalue weighted by atomic mass is 16.3. The number of furan rings is 1. The van der Waals surface area contributed by atoms with Crippen LogP contribution in [0.1, 0.15) is 0 Å². The summed E-state index contributed by atoms with van der Waals surface area (Å²) in [4.78, 5) is 23.6. The van der Waals surface area contributed by atoms with Crippen molar-refractivity contribution in [2.45, 2.75) is 0 Å². The quantitative estimate of drug-likeness (QED) is 0.775. The molecule has 2 aromatic heterocycles. The lowest BCUT2D eigenvalue weighted by Gasteiger charge is -2.29. The number of anilines is 3. The molecule has 1 aromatic carbocycles. The van der Waals surface area contributed by atoms with E-state index in [-0.39, 0.29) is 6.03 Å². The largest absolute Gasteiger partial charge is 0.460 e. The number of urea groups is 1. The molecular formula is C20H21N5O2. The van der Waals surface area contributed by atoms with E-state index in [1.165, 1.54) is 0 Å². The Morgan fingerprint density at radius 3 is 2.56 bits per heavy atom. The van der Waals surface area contributed by atoms with Gasteiger partial charge in [-0.2, -0.15) is 0 Å². The van der Waals surface area contributed by atoms with Crippen LogP contribution >= 0.6 is 0 Å². The highest BCUT2D eigenvalue weighted by molar-refractivity contribution is 6.06. The summed E-state index contributed by atoms with van der Waals surface area (Å²) in [7, 11) is 0. The second-order valence-corrected chi connectivity index (χ2v) is 6.80. The number of rotatable bonds is 3. The maximum atomic E-state index is 13.0. The number of hydrogen-bond acceptors (Lipinski definition) is 5. The van der Waals surface area contributed by atoms with Crippen molar-refractivity contribution in [1.82, 2.24) is 10.3 Å². The number of carbonyl (C=O) groups is 1. The normalized spacial score (nSPS) is 17.9. The summed E-state index contributed by atoms with van der Waals surface area (Å²) in [5.74, 6) is 1.50. The van der Waals surface area contributed by atoms with Gasteiger partial charge in [0.25, 0.3) is 0 Å². The average Bonchev–Trinajstić information content (AvgIpc) is 3.35. The number of benzene rings is 1. The Bertz CT molecular complexity index is 965. The molecule has 0 unspecified atom stereocenters. The molecule has 4 heterocycles. The second kappa shape index (κ2) is 6.59. The number of nitrogens with one attached hydrogen (secondary N) is 1. The number of fused-ring (bicyclic) bond motifs is 1. The van der Waals surface area contributed by atoms with Gasteiger partial charge in [0.15, 0.2) is 11.4 Å². The van der Waals surface area contributed by atoms with E-state index in [0.29, 0.717) is 18.9 Å². The smallest absolute Gasteiger partial charge is 0.330 e. The van der Waals surface area contributed by atoms with E-state index < -0.39 is 0 Å². The van der Waals surface area contributed by atoms with E-state index in [9.17, 15) is 4.79 Å². The zero-order valence-corrected chi connectivity index (χ0v) is 15.0. The molecule has 2 saturated heterocycles. The molecule has 5 rings (SSSR count). The van der Waals surface area contributed by atoms with Crippen molar-refractivity contribution in [2.24, 2.45) is 0 Å². The fraction of sp³-hybridized carbons (Fsp3) is 0.300. The Morgan fingerprint density at radius 2 is 1.74 bits per heavy atom. The molecule has 27 heavy (non-hydrogen) atoms. The van der Waals surface area contributed by atoms with E-state index in [1.54, 1.807) is 16.1 Å². The zero-order chi connectivity index (χ0) is 18.2. The Morgan fingerprint density at radius 1 is 0.963 bits per heavy atom. The van der Waals surface area contributed by atoms with Gasteiger partial charge in [0.05, 0.1) is 6.26 Å². The summed E-state index contributed by atoms with van der Waals surface area (Å²) < 4.78 is 5.70. The topological polar surface area (TPSA) is 64.9 Å². The molecular weight excluding hydrogens is 342 g/mol. The number of aromatic nitrogens is 1. The third-order valence-electron chi connectivity index (χ3n) is 5.17. The molecule has 2 amide bonds. The first-order valence-corrected chi connectivity index (χ1v) is 9.29. The van der Waals surface area contributed by atoms with Gasteiger partial charge >= 0.3 is 6.03 Å². The van der Waals surface area contributed by atoms with Crippen LogP contribution in [0.2, 0.25) is 0 Å². The molecule has 0 bridgehead atoms. The predicted octanol–water partition coefficient (Wildman–Crippen LogP) is 2.68. The predicted molar refractivity (Wildman–Crippen MR) is 106 cm³/mol. The van der Waals surface area contributed by atoms with Crippen LogP contribution < -0.4 is 20.0 Å². The fourth-order valence-electron chi connectivity index (χ4n) is 3.77. The molecule has 1 N–H and O–H groups in total. The summed E-state index contributed by atoms with van der Waals surface area (Å²) >= 11 is 0. The van der Waals surface area contributed by atoms with Crippen LogP contribution in [0.25, 0.3) is 11.0 Å². The van der Waals surface area contributed by atoms with Crippen LogP contribution in [0.15, 0.2) is 53.1 Å². The molecule has 0 saturated carbocycles. The summed E-state index contributed by atoms with van der Waals surface area (Å²) in [6.45, 7) is 4.84. The lowest BCUT2D eigenvalue weighted by atomic mass is 10.2. The first kappa shape index (κ1) is 16.1. The molecule has 0 atom stereocenters. The first-order chi connectivity index (χ1) is 13.3. The third-order valence-corrected chi connectivity index (χ3v) is 5.17. The Labute approximate surface area is 157 Å². The van der Waals surface area contributed by atoms with Crippen LogP contribution in [-0.2, 0) is 0 Å². The highest BCUT2D eigenvalue weighted by Gasteiger charge is 2.32. The lowest BCUT2D eigenvalue weighted by molar-refractivity contribution is 0.255. The van der Waals surface area contributed by atoms with Crippen LogP contribution in [0.4, 0.5) is 22.1 Å². The molecule has 0 radical (unpaired) electrons. The van der Waals surface area contributed by atoms with E-state index in [2.05, 4.69) is 10.2 Å². The zero-order valence-electron chi connectivity index (χ0n) is 15.0. The van der Waals surface area contributed by atoms with Gasteiger partial charge in [0.2, 0.25) is 0 Å². The third kappa shape index (κ3) is 2.80. The van der Waals surface area contributed by atoms with E-state index in [0.717, 1.165) is 48.7 Å². The van der Waals surface area contributed by atoms with Crippen molar-refractivity contribution >= 4 is 34.3 Å². The number of nitrogens with zero attached hydrogens (tertiary/aromatic N) is 4. The maximum absolute atomic E-state index is 13.0. The molecule has 2 fully saturated rings. The number of carbonyl (C=O) groups excluding carboxylic acids is 1. The van der Waals surface area contributed by atoms with Gasteiger partial charge in [0.1, 0.15) is 5.82 Å². The van der Waals surface area contributed by atoms with Crippen LogP contribution in [0.5, 0.6) is 0 Å². The van der Waals surface area contributed by atoms with Gasteiger partial charge in [-0.3, -0.25) is 9.80 Å². The van der Waals surface area contributed by atoms with Crippen molar-refractivity contribution in [2.75, 3.05) is 54.0 Å². The van der Waals surface area contributed by atoms with Gasteiger partial charge in [-0.15, -0.1) is 0 Å². The molecule has 2 aliphatic rings. The average molecular weight is 363 g/mol. The SMILES string of the molecule is O=C1N(c2ccccc2)CCN1c1cc2ccoc2c(N2CCNCC2)n1. The molecule has 7 nitrogen and oxygen atoms in total. The van der Waals surface area contributed by atoms with E-state index in [4.69, 9.17) is 9.40 Å². The van der Waals surface area contributed by atoms with Gasteiger partial charge in [0, 0.05) is 50.3 Å². The van der Waals surface area contributed by atoms with Crippen LogP contribution in [0, 0.1) is 0 Å². The van der Waals surface area contributed by atoms with E-state index in [1.807, 2.05) is 42.5 Å². The van der Waals surface area contributed by atoms with Gasteiger partial charge in [-0.25, -0.2) is 9.78 Å². The first-order valence-electron chi connectivity index (χ1n) is 9.29. The number of piperazine rings is 1. The minimum atomic E-state index is -0.0391. The number of amides is 2. The van der Waals surface area contributed by atoms with Crippen molar-refractivity contribution in [3.8, 4) is 0 Å². The minimum absolute atomic E-state index is 0.0391. The fourth-order valence-corrected chi connectivity index (χ4v) is 3.77. The van der Waals surface area contributed by atoms with Gasteiger partial charge in [-0.1, -0.05) is 18.2 Å². The van der Waals surface area contributed by atoms with Crippen molar-refractivity contribution < 1.29 is 9.21 Å². The monoisotopic (exact) mass is 363 g/mol. The van der Waals surface area contributed by atoms with Crippen LogP contribution in [0.3, 0.4) is 0 Å². The molecule has 0 aliphatic carbocycles. The van der Waals surface area contributed by atoms with E-state index >= 15 is 0 Å². The van der Waals surface area contributed by atoms with Crippen LogP contribution in [-0.4, -0.2) is 50.3 Å². The van der Waals surface area contributed by atoms with Crippen molar-refractivity contribution in [3.63, 3.8) is 0 Å². The molecule has 2 aliphatic heterocycles. The minimum Gasteiger partial charge on any atom is -0.460 e. The molecule has 0 spiro atoms. The number of pyridine rings is 1. The molecule has 3 aromatic rings. The van der Waals surface area contributed by atoms with Gasteiger partial charge < -0.3 is 14.6 Å². The van der Waals surface area contributed by atoms with Gasteiger partial charge in [-0.05, 0) is 24.3 Å². The molecule has 138 valence electrons. The summed E-state index contributed by atoms with van der Waals surface area (Å²) in [6.07, 6.45) is 1.68. The number of hydrogen-bond donors (Lipinski definition) is 1. The van der Waals surface area contributed by atoms with Crippen molar-refractivity contribution in [3.05, 3.63) is 48.7 Å². The highest BCUT2D eigenvalue weighted by Crippen LogP contribution is 2.32. The standard InChI is InChI=1S/C20H21N5O2/c26-20-24(16-4-2-1-3-5-16)11-12-25(20)17-14-15-6-13-27-18(15)19(22-17)23-9-7-21-8-10-23/h1-6,13-14,21H,7-12H2. The Kier molecular flexibility index (Phi) is 3.94. The second-order valence-electron chi connectivity index (χ2n) is 6.80. The summed E-state index contributed by atoms with van der Waals surface area (Å²) in [6, 6.07) is 13.6. The summed E-state index contributed by atoms with van der Waals surface area (Å²) in [5, 5.41) is 4.33. The molecule has 7 heteroatoms. The number of para-hydroxylation sites is 1. The summed E-state index contributed by atoms with van der Waals surface area (Å²) in [5.41, 5.74) is 1.70. The maximum Gasteiger partial charge on any atom is 0.330 e. The Balaban J connectivity index is 1.51. The Hall–Kier alpha value is -3.06. The lowest BCUT2D eigenvalue weighted by Crippen LogP contribution is -2.44. The van der Waals surface area contributed by atoms with Crippen molar-refractivity contribution in [1.29, 1.82) is 0 Å².